The quantitative estimate of drug-likeness (QED) is 0.828. The van der Waals surface area contributed by atoms with Gasteiger partial charge in [0.1, 0.15) is 12.1 Å². The van der Waals surface area contributed by atoms with Crippen LogP contribution < -0.4 is 5.73 Å². The van der Waals surface area contributed by atoms with Gasteiger partial charge in [0.25, 0.3) is 0 Å². The van der Waals surface area contributed by atoms with Crippen molar-refractivity contribution in [1.29, 1.82) is 0 Å². The van der Waals surface area contributed by atoms with Crippen molar-refractivity contribution < 1.29 is 14.3 Å². The number of ketones is 1. The van der Waals surface area contributed by atoms with Crippen LogP contribution in [0.4, 0.5) is 4.79 Å². The molecule has 20 heavy (non-hydrogen) atoms. The second kappa shape index (κ2) is 5.25. The van der Waals surface area contributed by atoms with Gasteiger partial charge in [-0.15, -0.1) is 0 Å². The van der Waals surface area contributed by atoms with Gasteiger partial charge in [0.15, 0.2) is 5.78 Å². The highest BCUT2D eigenvalue weighted by molar-refractivity contribution is 5.90. The molecule has 1 aromatic carbocycles. The van der Waals surface area contributed by atoms with E-state index >= 15 is 0 Å². The highest BCUT2D eigenvalue weighted by Gasteiger charge is 2.40. The normalized spacial score (nSPS) is 26.1. The largest absolute Gasteiger partial charge is 0.443 e. The van der Waals surface area contributed by atoms with Crippen LogP contribution >= 0.6 is 0 Å². The average Bonchev–Trinajstić information content (AvgIpc) is 2.73. The number of fused-ring (bicyclic) bond motifs is 1. The third-order valence-corrected chi connectivity index (χ3v) is 4.00. The molecule has 5 heteroatoms. The molecule has 0 bridgehead atoms. The van der Waals surface area contributed by atoms with Gasteiger partial charge in [-0.2, -0.15) is 0 Å². The van der Waals surface area contributed by atoms with Crippen molar-refractivity contribution in [3.63, 3.8) is 0 Å². The third kappa shape index (κ3) is 2.18. The van der Waals surface area contributed by atoms with Crippen molar-refractivity contribution in [2.45, 2.75) is 31.4 Å². The fourth-order valence-corrected chi connectivity index (χ4v) is 3.01. The Hall–Kier alpha value is -1.88. The van der Waals surface area contributed by atoms with Crippen LogP contribution in [0.5, 0.6) is 0 Å². The summed E-state index contributed by atoms with van der Waals surface area (Å²) in [5.74, 6) is 0.0876. The fraction of sp³-hybridized carbons (Fsp3) is 0.467. The van der Waals surface area contributed by atoms with Gasteiger partial charge in [0, 0.05) is 13.0 Å². The number of cyclic esters (lactones) is 1. The lowest BCUT2D eigenvalue weighted by molar-refractivity contribution is -0.123. The lowest BCUT2D eigenvalue weighted by Gasteiger charge is -2.25. The minimum atomic E-state index is -0.516. The first-order chi connectivity index (χ1) is 9.70. The number of Topliss-reactive ketones (excluding diaryl/α,β-unsaturated/α-hetero) is 1. The number of ether oxygens (including phenoxy) is 1. The van der Waals surface area contributed by atoms with E-state index in [1.54, 1.807) is 0 Å². The summed E-state index contributed by atoms with van der Waals surface area (Å²) < 4.78 is 5.19. The molecular formula is C15H18N2O3. The minimum Gasteiger partial charge on any atom is -0.443 e. The molecule has 5 nitrogen and oxygen atoms in total. The van der Waals surface area contributed by atoms with E-state index in [0.29, 0.717) is 13.0 Å². The molecule has 0 spiro atoms. The zero-order chi connectivity index (χ0) is 14.1. The molecule has 1 unspecified atom stereocenters. The smallest absolute Gasteiger partial charge is 0.411 e. The monoisotopic (exact) mass is 274 g/mol. The van der Waals surface area contributed by atoms with Gasteiger partial charge < -0.3 is 10.5 Å². The number of benzene rings is 1. The molecule has 106 valence electrons. The molecule has 2 atom stereocenters. The Morgan fingerprint density at radius 3 is 2.80 bits per heavy atom. The van der Waals surface area contributed by atoms with Gasteiger partial charge in [-0.25, -0.2) is 4.79 Å². The Morgan fingerprint density at radius 1 is 1.25 bits per heavy atom. The Kier molecular flexibility index (Phi) is 3.44. The van der Waals surface area contributed by atoms with Crippen molar-refractivity contribution in [2.75, 3.05) is 13.1 Å². The maximum absolute atomic E-state index is 12.4. The van der Waals surface area contributed by atoms with Crippen LogP contribution in [0, 0.1) is 0 Å². The number of nitrogens with zero attached hydrogens (tertiary/aromatic N) is 1. The molecule has 1 aliphatic carbocycles. The van der Waals surface area contributed by atoms with Gasteiger partial charge in [0.05, 0.1) is 6.54 Å². The number of carbonyl (C=O) groups is 2. The van der Waals surface area contributed by atoms with Crippen LogP contribution in [0.2, 0.25) is 0 Å². The van der Waals surface area contributed by atoms with Crippen LogP contribution in [0.25, 0.3) is 0 Å². The molecular weight excluding hydrogens is 256 g/mol. The number of nitrogens with two attached hydrogens (primary N) is 1. The van der Waals surface area contributed by atoms with Gasteiger partial charge in [-0.1, -0.05) is 24.3 Å². The van der Waals surface area contributed by atoms with E-state index in [2.05, 4.69) is 0 Å². The number of rotatable bonds is 2. The predicted molar refractivity (Wildman–Crippen MR) is 73.2 cm³/mol. The molecule has 1 fully saturated rings. The molecule has 0 saturated carbocycles. The number of aryl methyl sites for hydroxylation is 1. The first kappa shape index (κ1) is 13.1. The molecule has 0 aromatic heterocycles. The molecule has 0 radical (unpaired) electrons. The van der Waals surface area contributed by atoms with Gasteiger partial charge in [-0.05, 0) is 24.0 Å². The van der Waals surface area contributed by atoms with Crippen LogP contribution in [0.1, 0.15) is 30.0 Å². The number of hydrogen-bond donors (Lipinski definition) is 1. The van der Waals surface area contributed by atoms with Crippen molar-refractivity contribution >= 4 is 11.9 Å². The van der Waals surface area contributed by atoms with Crippen molar-refractivity contribution in [3.05, 3.63) is 35.4 Å². The van der Waals surface area contributed by atoms with E-state index in [-0.39, 0.29) is 18.4 Å². The fourth-order valence-electron chi connectivity index (χ4n) is 3.01. The molecule has 1 aromatic rings. The van der Waals surface area contributed by atoms with Crippen LogP contribution in [0.3, 0.4) is 0 Å². The Balaban J connectivity index is 1.98. The van der Waals surface area contributed by atoms with Crippen LogP contribution in [-0.4, -0.2) is 36.0 Å². The maximum Gasteiger partial charge on any atom is 0.411 e. The predicted octanol–water partition coefficient (Wildman–Crippen LogP) is 1.41. The van der Waals surface area contributed by atoms with E-state index in [0.717, 1.165) is 24.0 Å². The van der Waals surface area contributed by atoms with Crippen molar-refractivity contribution in [3.8, 4) is 0 Å². The summed E-state index contributed by atoms with van der Waals surface area (Å²) in [5.41, 5.74) is 7.64. The molecule has 1 heterocycles. The van der Waals surface area contributed by atoms with Crippen LogP contribution in [0.15, 0.2) is 24.3 Å². The van der Waals surface area contributed by atoms with Gasteiger partial charge in [-0.3, -0.25) is 9.69 Å². The first-order valence-corrected chi connectivity index (χ1v) is 6.98. The summed E-state index contributed by atoms with van der Waals surface area (Å²) in [4.78, 5) is 26.0. The van der Waals surface area contributed by atoms with Gasteiger partial charge >= 0.3 is 6.09 Å². The number of hydrogen-bond acceptors (Lipinski definition) is 4. The summed E-state index contributed by atoms with van der Waals surface area (Å²) in [5, 5.41) is 0. The summed E-state index contributed by atoms with van der Waals surface area (Å²) in [6.45, 7) is 0.671. The zero-order valence-corrected chi connectivity index (χ0v) is 11.2. The first-order valence-electron chi connectivity index (χ1n) is 6.98. The third-order valence-electron chi connectivity index (χ3n) is 4.00. The highest BCUT2D eigenvalue weighted by Crippen LogP contribution is 2.33. The topological polar surface area (TPSA) is 72.6 Å². The second-order valence-corrected chi connectivity index (χ2v) is 5.32. The summed E-state index contributed by atoms with van der Waals surface area (Å²) in [6, 6.07) is 7.33. The summed E-state index contributed by atoms with van der Waals surface area (Å²) in [6.07, 6.45) is 1.45. The zero-order valence-electron chi connectivity index (χ0n) is 11.2. The minimum absolute atomic E-state index is 0.0876. The van der Waals surface area contributed by atoms with E-state index in [9.17, 15) is 9.59 Å². The SMILES string of the molecule is NC[C@H]1CN(C2C(=O)CCCc3ccccc32)C(=O)O1. The Morgan fingerprint density at radius 2 is 2.05 bits per heavy atom. The standard InChI is InChI=1S/C15H18N2O3/c16-8-11-9-17(15(19)20-11)14-12-6-2-1-4-10(12)5-3-7-13(14)18/h1-2,4,6,11,14H,3,5,7-9,16H2/t11-,14?/m0/s1. The summed E-state index contributed by atoms with van der Waals surface area (Å²) >= 11 is 0. The second-order valence-electron chi connectivity index (χ2n) is 5.32. The van der Waals surface area contributed by atoms with Crippen LogP contribution in [-0.2, 0) is 16.0 Å². The molecule has 1 saturated heterocycles. The van der Waals surface area contributed by atoms with Crippen molar-refractivity contribution in [2.24, 2.45) is 5.73 Å². The highest BCUT2D eigenvalue weighted by atomic mass is 16.6. The van der Waals surface area contributed by atoms with Gasteiger partial charge in [0.2, 0.25) is 0 Å². The number of amides is 1. The summed E-state index contributed by atoms with van der Waals surface area (Å²) in [7, 11) is 0. The molecule has 1 amide bonds. The lowest BCUT2D eigenvalue weighted by atomic mass is 9.97. The van der Waals surface area contributed by atoms with E-state index in [4.69, 9.17) is 10.5 Å². The van der Waals surface area contributed by atoms with E-state index < -0.39 is 12.1 Å². The Bertz CT molecular complexity index is 544. The van der Waals surface area contributed by atoms with E-state index in [1.807, 2.05) is 24.3 Å². The maximum atomic E-state index is 12.4. The molecule has 2 N–H and O–H groups in total. The Labute approximate surface area is 117 Å². The average molecular weight is 274 g/mol. The lowest BCUT2D eigenvalue weighted by Crippen LogP contribution is -2.36. The number of carbonyl (C=O) groups excluding carboxylic acids is 2. The molecule has 3 rings (SSSR count). The van der Waals surface area contributed by atoms with E-state index in [1.165, 1.54) is 4.90 Å². The molecule has 1 aliphatic heterocycles. The molecule has 2 aliphatic rings. The van der Waals surface area contributed by atoms with Crippen molar-refractivity contribution in [1.82, 2.24) is 4.90 Å².